The molecule has 4 aromatic rings. The maximum atomic E-state index is 11.6. The monoisotopic (exact) mass is 712 g/mol. The number of aromatic nitrogens is 2. The highest BCUT2D eigenvalue weighted by Gasteiger charge is 2.20. The van der Waals surface area contributed by atoms with Gasteiger partial charge in [0, 0.05) is 61.4 Å². The van der Waals surface area contributed by atoms with Gasteiger partial charge >= 0.3 is 11.9 Å². The van der Waals surface area contributed by atoms with Gasteiger partial charge < -0.3 is 29.5 Å². The van der Waals surface area contributed by atoms with Gasteiger partial charge in [0.1, 0.15) is 22.6 Å². The summed E-state index contributed by atoms with van der Waals surface area (Å²) >= 11 is 0. The fourth-order valence-corrected chi connectivity index (χ4v) is 5.80. The molecule has 0 unspecified atom stereocenters. The molecule has 52 heavy (non-hydrogen) atoms. The predicted octanol–water partition coefficient (Wildman–Crippen LogP) is 10.5. The lowest BCUT2D eigenvalue weighted by atomic mass is 10.0. The third-order valence-electron chi connectivity index (χ3n) is 8.64. The standard InChI is InChI=1S/2C21H28N2O3/c2*1-5-7-12-26-20-13-16(8-9-17(20)15(3)4)23(6-2)19-10-11-22-14-18(19)21(24)25/h2*8-11,13-15H,5-7,12H2,1-4H3,(H,24,25). The van der Waals surface area contributed by atoms with Crippen LogP contribution < -0.4 is 19.3 Å². The van der Waals surface area contributed by atoms with Crippen molar-refractivity contribution in [1.29, 1.82) is 0 Å². The molecule has 0 aliphatic heterocycles. The lowest BCUT2D eigenvalue weighted by Crippen LogP contribution is -2.19. The highest BCUT2D eigenvalue weighted by Crippen LogP contribution is 2.36. The summed E-state index contributed by atoms with van der Waals surface area (Å²) in [6, 6.07) is 15.7. The second-order valence-corrected chi connectivity index (χ2v) is 13.0. The summed E-state index contributed by atoms with van der Waals surface area (Å²) in [6.07, 6.45) is 10.2. The van der Waals surface area contributed by atoms with Crippen molar-refractivity contribution in [3.8, 4) is 11.5 Å². The Kier molecular flexibility index (Phi) is 16.4. The molecular weight excluding hydrogens is 656 g/mol. The molecule has 0 atom stereocenters. The van der Waals surface area contributed by atoms with Crippen molar-refractivity contribution in [1.82, 2.24) is 9.97 Å². The second-order valence-electron chi connectivity index (χ2n) is 13.0. The van der Waals surface area contributed by atoms with Crippen LogP contribution in [-0.2, 0) is 0 Å². The lowest BCUT2D eigenvalue weighted by Gasteiger charge is -2.26. The van der Waals surface area contributed by atoms with Gasteiger partial charge in [-0.2, -0.15) is 0 Å². The molecule has 2 N–H and O–H groups in total. The number of carboxylic acids is 2. The smallest absolute Gasteiger partial charge is 0.339 e. The molecular formula is C42H56N4O6. The van der Waals surface area contributed by atoms with E-state index in [9.17, 15) is 19.8 Å². The van der Waals surface area contributed by atoms with E-state index in [-0.39, 0.29) is 11.1 Å². The minimum Gasteiger partial charge on any atom is -0.493 e. The van der Waals surface area contributed by atoms with Gasteiger partial charge in [0.25, 0.3) is 0 Å². The summed E-state index contributed by atoms with van der Waals surface area (Å²) < 4.78 is 12.1. The fraction of sp³-hybridized carbons (Fsp3) is 0.429. The van der Waals surface area contributed by atoms with Crippen molar-refractivity contribution in [2.24, 2.45) is 0 Å². The number of ether oxygens (including phenoxy) is 2. The highest BCUT2D eigenvalue weighted by molar-refractivity contribution is 5.96. The first-order chi connectivity index (χ1) is 25.0. The van der Waals surface area contributed by atoms with Crippen molar-refractivity contribution in [3.05, 3.63) is 95.6 Å². The van der Waals surface area contributed by atoms with Crippen molar-refractivity contribution in [2.45, 2.75) is 92.9 Å². The summed E-state index contributed by atoms with van der Waals surface area (Å²) in [5, 5.41) is 19.0. The number of hydrogen-bond acceptors (Lipinski definition) is 8. The first-order valence-electron chi connectivity index (χ1n) is 18.4. The average Bonchev–Trinajstić information content (AvgIpc) is 3.13. The fourth-order valence-electron chi connectivity index (χ4n) is 5.80. The molecule has 0 fully saturated rings. The van der Waals surface area contributed by atoms with E-state index in [1.54, 1.807) is 24.5 Å². The van der Waals surface area contributed by atoms with E-state index in [0.717, 1.165) is 59.7 Å². The largest absolute Gasteiger partial charge is 0.493 e. The Morgan fingerprint density at radius 1 is 0.635 bits per heavy atom. The van der Waals surface area contributed by atoms with Gasteiger partial charge in [-0.25, -0.2) is 9.59 Å². The molecule has 2 heterocycles. The van der Waals surface area contributed by atoms with E-state index in [0.29, 0.717) is 49.5 Å². The van der Waals surface area contributed by atoms with E-state index in [2.05, 4.69) is 63.6 Å². The molecule has 4 rings (SSSR count). The Balaban J connectivity index is 0.000000280. The summed E-state index contributed by atoms with van der Waals surface area (Å²) in [5.74, 6) is 0.484. The maximum absolute atomic E-state index is 11.6. The molecule has 0 saturated carbocycles. The molecule has 0 radical (unpaired) electrons. The zero-order chi connectivity index (χ0) is 38.2. The van der Waals surface area contributed by atoms with Crippen molar-refractivity contribution in [2.75, 3.05) is 36.1 Å². The molecule has 0 aliphatic rings. The number of aromatic carboxylic acids is 2. The predicted molar refractivity (Wildman–Crippen MR) is 210 cm³/mol. The number of pyridine rings is 2. The van der Waals surface area contributed by atoms with Crippen LogP contribution >= 0.6 is 0 Å². The molecule has 0 bridgehead atoms. The van der Waals surface area contributed by atoms with Crippen LogP contribution in [0.3, 0.4) is 0 Å². The van der Waals surface area contributed by atoms with Gasteiger partial charge in [-0.15, -0.1) is 0 Å². The quantitative estimate of drug-likeness (QED) is 0.0963. The zero-order valence-electron chi connectivity index (χ0n) is 32.1. The normalized spacial score (nSPS) is 10.8. The summed E-state index contributed by atoms with van der Waals surface area (Å²) in [7, 11) is 0. The van der Waals surface area contributed by atoms with Crippen LogP contribution in [0.4, 0.5) is 22.7 Å². The number of anilines is 4. The third-order valence-corrected chi connectivity index (χ3v) is 8.64. The maximum Gasteiger partial charge on any atom is 0.339 e. The molecule has 0 saturated heterocycles. The third kappa shape index (κ3) is 10.9. The van der Waals surface area contributed by atoms with Crippen molar-refractivity contribution < 1.29 is 29.3 Å². The van der Waals surface area contributed by atoms with Crippen LogP contribution in [0.2, 0.25) is 0 Å². The number of unbranched alkanes of at least 4 members (excludes halogenated alkanes) is 2. The molecule has 2 aromatic heterocycles. The van der Waals surface area contributed by atoms with Crippen molar-refractivity contribution >= 4 is 34.7 Å². The minimum atomic E-state index is -0.982. The second kappa shape index (κ2) is 20.7. The average molecular weight is 713 g/mol. The summed E-state index contributed by atoms with van der Waals surface area (Å²) in [5.41, 5.74) is 5.79. The Labute approximate surface area is 309 Å². The van der Waals surface area contributed by atoms with E-state index in [1.807, 2.05) is 47.9 Å². The Hall–Kier alpha value is -5.12. The van der Waals surface area contributed by atoms with Gasteiger partial charge in [0.2, 0.25) is 0 Å². The molecule has 0 aliphatic carbocycles. The first-order valence-corrected chi connectivity index (χ1v) is 18.4. The van der Waals surface area contributed by atoms with E-state index < -0.39 is 11.9 Å². The highest BCUT2D eigenvalue weighted by atomic mass is 16.5. The zero-order valence-corrected chi connectivity index (χ0v) is 32.1. The topological polar surface area (TPSA) is 125 Å². The van der Waals surface area contributed by atoms with Crippen LogP contribution in [-0.4, -0.2) is 58.4 Å². The number of nitrogens with zero attached hydrogens (tertiary/aromatic N) is 4. The number of hydrogen-bond donors (Lipinski definition) is 2. The van der Waals surface area contributed by atoms with Crippen molar-refractivity contribution in [3.63, 3.8) is 0 Å². The first kappa shape index (κ1) is 41.3. The Bertz CT molecular complexity index is 1610. The molecule has 10 heteroatoms. The van der Waals surface area contributed by atoms with Crippen LogP contribution in [0.1, 0.15) is 125 Å². The molecule has 0 spiro atoms. The van der Waals surface area contributed by atoms with Gasteiger partial charge in [0.05, 0.1) is 24.6 Å². The number of carboxylic acid groups (broad SMARTS) is 2. The van der Waals surface area contributed by atoms with Crippen LogP contribution in [0, 0.1) is 0 Å². The number of carbonyl (C=O) groups is 2. The molecule has 280 valence electrons. The summed E-state index contributed by atoms with van der Waals surface area (Å²) in [6.45, 7) is 19.5. The molecule has 2 aromatic carbocycles. The van der Waals surface area contributed by atoms with Crippen LogP contribution in [0.15, 0.2) is 73.3 Å². The number of rotatable bonds is 18. The van der Waals surface area contributed by atoms with Gasteiger partial charge in [-0.3, -0.25) is 9.97 Å². The van der Waals surface area contributed by atoms with E-state index in [1.165, 1.54) is 12.4 Å². The van der Waals surface area contributed by atoms with Gasteiger partial charge in [0.15, 0.2) is 0 Å². The molecule has 0 amide bonds. The lowest BCUT2D eigenvalue weighted by molar-refractivity contribution is 0.0686. The summed E-state index contributed by atoms with van der Waals surface area (Å²) in [4.78, 5) is 35.0. The Morgan fingerprint density at radius 3 is 1.33 bits per heavy atom. The van der Waals surface area contributed by atoms with E-state index >= 15 is 0 Å². The van der Waals surface area contributed by atoms with Crippen LogP contribution in [0.5, 0.6) is 11.5 Å². The Morgan fingerprint density at radius 2 is 1.02 bits per heavy atom. The van der Waals surface area contributed by atoms with Gasteiger partial charge in [-0.1, -0.05) is 66.5 Å². The molecule has 10 nitrogen and oxygen atoms in total. The van der Waals surface area contributed by atoms with Gasteiger partial charge in [-0.05, 0) is 73.9 Å². The van der Waals surface area contributed by atoms with E-state index in [4.69, 9.17) is 9.47 Å². The van der Waals surface area contributed by atoms with Crippen LogP contribution in [0.25, 0.3) is 0 Å². The number of benzene rings is 2. The SMILES string of the molecule is CCCCOc1cc(N(CC)c2ccncc2C(=O)O)ccc1C(C)C.CCCCOc1cc(N(CC)c2ccncc2C(=O)O)ccc1C(C)C. The minimum absolute atomic E-state index is 0.190.